The highest BCUT2D eigenvalue weighted by Gasteiger charge is 2.11. The van der Waals surface area contributed by atoms with Crippen LogP contribution in [0.1, 0.15) is 24.2 Å². The van der Waals surface area contributed by atoms with Crippen molar-refractivity contribution in [1.82, 2.24) is 0 Å². The monoisotopic (exact) mass is 235 g/mol. The maximum Gasteiger partial charge on any atom is 0.338 e. The molecule has 1 rings (SSSR count). The highest BCUT2D eigenvalue weighted by atomic mass is 16.6. The molecule has 0 fully saturated rings. The van der Waals surface area contributed by atoms with Gasteiger partial charge in [0, 0.05) is 12.1 Å². The second kappa shape index (κ2) is 5.79. The molecular formula is C12H13NO4. The molecule has 0 aliphatic carbocycles. The van der Waals surface area contributed by atoms with Crippen LogP contribution in [0.5, 0.6) is 0 Å². The van der Waals surface area contributed by atoms with Gasteiger partial charge in [-0.2, -0.15) is 0 Å². The lowest BCUT2D eigenvalue weighted by atomic mass is 10.2. The fourth-order valence-corrected chi connectivity index (χ4v) is 1.11. The Balaban J connectivity index is 2.72. The Hall–Kier alpha value is -2.17. The van der Waals surface area contributed by atoms with Crippen molar-refractivity contribution >= 4 is 11.7 Å². The van der Waals surface area contributed by atoms with Crippen LogP contribution in [0, 0.1) is 10.1 Å². The van der Waals surface area contributed by atoms with Crippen molar-refractivity contribution in [3.63, 3.8) is 0 Å². The summed E-state index contributed by atoms with van der Waals surface area (Å²) in [6.07, 6.45) is 1.76. The molecule has 1 aromatic rings. The van der Waals surface area contributed by atoms with E-state index in [1.165, 1.54) is 24.3 Å². The maximum atomic E-state index is 11.5. The van der Waals surface area contributed by atoms with Crippen LogP contribution < -0.4 is 0 Å². The van der Waals surface area contributed by atoms with E-state index in [-0.39, 0.29) is 17.9 Å². The SMILES string of the molecule is CC(C)=CCOC(=O)c1cccc([N+](=O)[O-])c1. The van der Waals surface area contributed by atoms with Crippen LogP contribution in [0.2, 0.25) is 0 Å². The van der Waals surface area contributed by atoms with Crippen LogP contribution in [0.4, 0.5) is 5.69 Å². The number of esters is 1. The molecule has 0 aromatic heterocycles. The van der Waals surface area contributed by atoms with Gasteiger partial charge in [0.2, 0.25) is 0 Å². The van der Waals surface area contributed by atoms with Crippen LogP contribution in [0.15, 0.2) is 35.9 Å². The topological polar surface area (TPSA) is 69.4 Å². The second-order valence-electron chi connectivity index (χ2n) is 3.69. The molecule has 0 aliphatic rings. The molecule has 90 valence electrons. The van der Waals surface area contributed by atoms with Gasteiger partial charge in [-0.3, -0.25) is 10.1 Å². The Morgan fingerprint density at radius 1 is 1.47 bits per heavy atom. The minimum Gasteiger partial charge on any atom is -0.458 e. The third-order valence-electron chi connectivity index (χ3n) is 2.00. The first kappa shape index (κ1) is 12.9. The maximum absolute atomic E-state index is 11.5. The van der Waals surface area contributed by atoms with E-state index in [1.807, 2.05) is 13.8 Å². The summed E-state index contributed by atoms with van der Waals surface area (Å²) < 4.78 is 4.94. The Kier molecular flexibility index (Phi) is 4.39. The molecule has 0 aliphatic heterocycles. The summed E-state index contributed by atoms with van der Waals surface area (Å²) in [4.78, 5) is 21.5. The zero-order valence-corrected chi connectivity index (χ0v) is 9.67. The molecule has 17 heavy (non-hydrogen) atoms. The Labute approximate surface area is 98.9 Å². The van der Waals surface area contributed by atoms with Crippen molar-refractivity contribution in [3.8, 4) is 0 Å². The first-order valence-electron chi connectivity index (χ1n) is 5.05. The molecule has 0 saturated carbocycles. The van der Waals surface area contributed by atoms with Gasteiger partial charge >= 0.3 is 5.97 Å². The number of non-ortho nitro benzene ring substituents is 1. The highest BCUT2D eigenvalue weighted by molar-refractivity contribution is 5.90. The van der Waals surface area contributed by atoms with Gasteiger partial charge in [-0.05, 0) is 26.0 Å². The number of carbonyl (C=O) groups is 1. The van der Waals surface area contributed by atoms with Gasteiger partial charge in [0.25, 0.3) is 5.69 Å². The predicted octanol–water partition coefficient (Wildman–Crippen LogP) is 2.72. The van der Waals surface area contributed by atoms with Gasteiger partial charge in [0.05, 0.1) is 10.5 Å². The van der Waals surface area contributed by atoms with Crippen LogP contribution in [-0.4, -0.2) is 17.5 Å². The third-order valence-corrected chi connectivity index (χ3v) is 2.00. The number of nitro groups is 1. The Morgan fingerprint density at radius 2 is 2.18 bits per heavy atom. The molecule has 0 amide bonds. The van der Waals surface area contributed by atoms with E-state index < -0.39 is 10.9 Å². The number of allylic oxidation sites excluding steroid dienone is 1. The zero-order chi connectivity index (χ0) is 12.8. The molecule has 0 bridgehead atoms. The minimum atomic E-state index is -0.564. The quantitative estimate of drug-likeness (QED) is 0.348. The summed E-state index contributed by atoms with van der Waals surface area (Å²) in [5.74, 6) is -0.564. The summed E-state index contributed by atoms with van der Waals surface area (Å²) in [6, 6.07) is 5.46. The fourth-order valence-electron chi connectivity index (χ4n) is 1.11. The average molecular weight is 235 g/mol. The number of hydrogen-bond donors (Lipinski definition) is 0. The Bertz CT molecular complexity index is 461. The normalized spacial score (nSPS) is 9.53. The largest absolute Gasteiger partial charge is 0.458 e. The third kappa shape index (κ3) is 4.06. The first-order chi connectivity index (χ1) is 8.00. The molecule has 0 radical (unpaired) electrons. The van der Waals surface area contributed by atoms with E-state index in [1.54, 1.807) is 6.08 Å². The van der Waals surface area contributed by atoms with Crippen LogP contribution in [0.3, 0.4) is 0 Å². The molecule has 1 aromatic carbocycles. The number of rotatable bonds is 4. The molecule has 0 spiro atoms. The van der Waals surface area contributed by atoms with Crippen molar-refractivity contribution in [2.24, 2.45) is 0 Å². The van der Waals surface area contributed by atoms with E-state index >= 15 is 0 Å². The number of hydrogen-bond acceptors (Lipinski definition) is 4. The number of nitro benzene ring substituents is 1. The van der Waals surface area contributed by atoms with E-state index in [4.69, 9.17) is 4.74 Å². The van der Waals surface area contributed by atoms with Crippen molar-refractivity contribution in [3.05, 3.63) is 51.6 Å². The van der Waals surface area contributed by atoms with E-state index in [0.717, 1.165) is 5.57 Å². The standard InChI is InChI=1S/C12H13NO4/c1-9(2)6-7-17-12(14)10-4-3-5-11(8-10)13(15)16/h3-6,8H,7H2,1-2H3. The van der Waals surface area contributed by atoms with Crippen molar-refractivity contribution < 1.29 is 14.5 Å². The molecule has 0 atom stereocenters. The summed E-state index contributed by atoms with van der Waals surface area (Å²) in [7, 11) is 0. The van der Waals surface area contributed by atoms with Crippen molar-refractivity contribution in [2.45, 2.75) is 13.8 Å². The second-order valence-corrected chi connectivity index (χ2v) is 3.69. The number of nitrogens with zero attached hydrogens (tertiary/aromatic N) is 1. The van der Waals surface area contributed by atoms with Gasteiger partial charge in [0.15, 0.2) is 0 Å². The molecule has 0 N–H and O–H groups in total. The van der Waals surface area contributed by atoms with E-state index in [9.17, 15) is 14.9 Å². The lowest BCUT2D eigenvalue weighted by molar-refractivity contribution is -0.384. The minimum absolute atomic E-state index is 0.123. The van der Waals surface area contributed by atoms with Crippen LogP contribution in [0.25, 0.3) is 0 Å². The predicted molar refractivity (Wildman–Crippen MR) is 62.8 cm³/mol. The first-order valence-corrected chi connectivity index (χ1v) is 5.05. The van der Waals surface area contributed by atoms with Gasteiger partial charge in [-0.1, -0.05) is 11.6 Å². The number of carbonyl (C=O) groups excluding carboxylic acids is 1. The molecule has 0 saturated heterocycles. The van der Waals surface area contributed by atoms with Gasteiger partial charge in [0.1, 0.15) is 6.61 Å². The van der Waals surface area contributed by atoms with E-state index in [2.05, 4.69) is 0 Å². The Morgan fingerprint density at radius 3 is 2.76 bits per heavy atom. The van der Waals surface area contributed by atoms with Crippen LogP contribution in [-0.2, 0) is 4.74 Å². The van der Waals surface area contributed by atoms with E-state index in [0.29, 0.717) is 0 Å². The molecular weight excluding hydrogens is 222 g/mol. The van der Waals surface area contributed by atoms with Crippen molar-refractivity contribution in [1.29, 1.82) is 0 Å². The summed E-state index contributed by atoms with van der Waals surface area (Å²) in [5, 5.41) is 10.5. The summed E-state index contributed by atoms with van der Waals surface area (Å²) >= 11 is 0. The highest BCUT2D eigenvalue weighted by Crippen LogP contribution is 2.13. The average Bonchev–Trinajstić information content (AvgIpc) is 2.28. The molecule has 5 nitrogen and oxygen atoms in total. The number of benzene rings is 1. The molecule has 0 unspecified atom stereocenters. The lowest BCUT2D eigenvalue weighted by Gasteiger charge is -2.02. The van der Waals surface area contributed by atoms with Gasteiger partial charge in [-0.15, -0.1) is 0 Å². The van der Waals surface area contributed by atoms with Crippen LogP contribution >= 0.6 is 0 Å². The smallest absolute Gasteiger partial charge is 0.338 e. The zero-order valence-electron chi connectivity index (χ0n) is 9.67. The molecule has 0 heterocycles. The summed E-state index contributed by atoms with van der Waals surface area (Å²) in [6.45, 7) is 3.95. The molecule has 5 heteroatoms. The van der Waals surface area contributed by atoms with Gasteiger partial charge < -0.3 is 4.74 Å². The summed E-state index contributed by atoms with van der Waals surface area (Å²) in [5.41, 5.74) is 1.10. The van der Waals surface area contributed by atoms with Gasteiger partial charge in [-0.25, -0.2) is 4.79 Å². The lowest BCUT2D eigenvalue weighted by Crippen LogP contribution is -2.05. The number of ether oxygens (including phenoxy) is 1. The van der Waals surface area contributed by atoms with Crippen molar-refractivity contribution in [2.75, 3.05) is 6.61 Å². The fraction of sp³-hybridized carbons (Fsp3) is 0.250.